The van der Waals surface area contributed by atoms with E-state index in [-0.39, 0.29) is 6.04 Å². The zero-order chi connectivity index (χ0) is 13.7. The number of aromatic nitrogens is 2. The van der Waals surface area contributed by atoms with E-state index in [1.54, 1.807) is 0 Å². The van der Waals surface area contributed by atoms with Gasteiger partial charge in [0.1, 0.15) is 0 Å². The van der Waals surface area contributed by atoms with Gasteiger partial charge in [0.05, 0.1) is 12.5 Å². The van der Waals surface area contributed by atoms with Crippen molar-refractivity contribution in [3.05, 3.63) is 47.2 Å². The predicted octanol–water partition coefficient (Wildman–Crippen LogP) is 3.03. The number of hydrogen-bond donors (Lipinski definition) is 1. The molecule has 4 nitrogen and oxygen atoms in total. The highest BCUT2D eigenvalue weighted by Gasteiger charge is 2.15. The molecule has 4 heteroatoms. The largest absolute Gasteiger partial charge is 0.423 e. The molecule has 0 aliphatic rings. The lowest BCUT2D eigenvalue weighted by Crippen LogP contribution is -2.20. The quantitative estimate of drug-likeness (QED) is 0.866. The van der Waals surface area contributed by atoms with Gasteiger partial charge in [-0.1, -0.05) is 43.7 Å². The molecule has 1 aromatic carbocycles. The highest BCUT2D eigenvalue weighted by molar-refractivity contribution is 5.24. The molecule has 0 saturated carbocycles. The second-order valence-electron chi connectivity index (χ2n) is 4.72. The molecule has 0 spiro atoms. The van der Waals surface area contributed by atoms with Gasteiger partial charge in [0.15, 0.2) is 0 Å². The number of benzene rings is 1. The Balaban J connectivity index is 2.08. The smallest absolute Gasteiger partial charge is 0.233 e. The number of rotatable bonds is 6. The topological polar surface area (TPSA) is 51.0 Å². The molecule has 0 aliphatic carbocycles. The maximum absolute atomic E-state index is 5.75. The molecule has 0 bridgehead atoms. The zero-order valence-electron chi connectivity index (χ0n) is 11.8. The average molecular weight is 259 g/mol. The van der Waals surface area contributed by atoms with E-state index in [9.17, 15) is 0 Å². The monoisotopic (exact) mass is 259 g/mol. The van der Waals surface area contributed by atoms with Gasteiger partial charge in [-0.2, -0.15) is 0 Å². The zero-order valence-corrected chi connectivity index (χ0v) is 11.8. The van der Waals surface area contributed by atoms with Crippen LogP contribution in [0.4, 0.5) is 0 Å². The maximum Gasteiger partial charge on any atom is 0.233 e. The molecule has 2 rings (SSSR count). The first kappa shape index (κ1) is 13.7. The van der Waals surface area contributed by atoms with E-state index in [1.807, 2.05) is 0 Å². The number of nitrogens with zero attached hydrogens (tertiary/aromatic N) is 2. The van der Waals surface area contributed by atoms with E-state index in [2.05, 4.69) is 60.6 Å². The van der Waals surface area contributed by atoms with Gasteiger partial charge in [-0.15, -0.1) is 10.2 Å². The van der Waals surface area contributed by atoms with Crippen molar-refractivity contribution in [3.8, 4) is 0 Å². The molecular formula is C15H21N3O. The second-order valence-corrected chi connectivity index (χ2v) is 4.72. The van der Waals surface area contributed by atoms with Crippen molar-refractivity contribution in [3.63, 3.8) is 0 Å². The minimum atomic E-state index is 0.156. The molecule has 102 valence electrons. The average Bonchev–Trinajstić information content (AvgIpc) is 2.84. The van der Waals surface area contributed by atoms with Crippen LogP contribution in [0.3, 0.4) is 0 Å². The summed E-state index contributed by atoms with van der Waals surface area (Å²) < 4.78 is 5.75. The molecule has 1 aromatic heterocycles. The Bertz CT molecular complexity index is 522. The first-order chi connectivity index (χ1) is 9.22. The standard InChI is InChI=1S/C15H21N3O/c1-4-13(16-5-2)15-18-17-14(19-15)10-12-8-6-7-11(3)9-12/h6-9,13,16H,4-5,10H2,1-3H3. The van der Waals surface area contributed by atoms with Crippen LogP contribution in [0.2, 0.25) is 0 Å². The van der Waals surface area contributed by atoms with Crippen LogP contribution in [0, 0.1) is 6.92 Å². The van der Waals surface area contributed by atoms with Crippen molar-refractivity contribution in [1.82, 2.24) is 15.5 Å². The van der Waals surface area contributed by atoms with Crippen LogP contribution in [-0.2, 0) is 6.42 Å². The summed E-state index contributed by atoms with van der Waals surface area (Å²) >= 11 is 0. The second kappa shape index (κ2) is 6.48. The van der Waals surface area contributed by atoms with E-state index in [4.69, 9.17) is 4.42 Å². The Kier molecular flexibility index (Phi) is 4.68. The highest BCUT2D eigenvalue weighted by Crippen LogP contribution is 2.17. The van der Waals surface area contributed by atoms with Gasteiger partial charge in [-0.25, -0.2) is 0 Å². The summed E-state index contributed by atoms with van der Waals surface area (Å²) in [6, 6.07) is 8.52. The Labute approximate surface area is 114 Å². The van der Waals surface area contributed by atoms with E-state index < -0.39 is 0 Å². The lowest BCUT2D eigenvalue weighted by molar-refractivity contribution is 0.380. The maximum atomic E-state index is 5.75. The fourth-order valence-corrected chi connectivity index (χ4v) is 2.13. The minimum Gasteiger partial charge on any atom is -0.423 e. The third-order valence-electron chi connectivity index (χ3n) is 3.08. The molecule has 19 heavy (non-hydrogen) atoms. The first-order valence-electron chi connectivity index (χ1n) is 6.84. The summed E-state index contributed by atoms with van der Waals surface area (Å²) in [6.07, 6.45) is 1.64. The molecular weight excluding hydrogens is 238 g/mol. The van der Waals surface area contributed by atoms with Crippen LogP contribution in [0.5, 0.6) is 0 Å². The van der Waals surface area contributed by atoms with Gasteiger partial charge >= 0.3 is 0 Å². The highest BCUT2D eigenvalue weighted by atomic mass is 16.4. The number of nitrogens with one attached hydrogen (secondary N) is 1. The van der Waals surface area contributed by atoms with Crippen molar-refractivity contribution < 1.29 is 4.42 Å². The van der Waals surface area contributed by atoms with Crippen LogP contribution in [0.25, 0.3) is 0 Å². The molecule has 1 atom stereocenters. The molecule has 0 radical (unpaired) electrons. The van der Waals surface area contributed by atoms with E-state index in [0.29, 0.717) is 18.2 Å². The third-order valence-corrected chi connectivity index (χ3v) is 3.08. The Morgan fingerprint density at radius 3 is 2.79 bits per heavy atom. The summed E-state index contributed by atoms with van der Waals surface area (Å²) in [7, 11) is 0. The molecule has 1 heterocycles. The van der Waals surface area contributed by atoms with E-state index >= 15 is 0 Å². The summed E-state index contributed by atoms with van der Waals surface area (Å²) in [4.78, 5) is 0. The summed E-state index contributed by atoms with van der Waals surface area (Å²) in [5.41, 5.74) is 2.45. The van der Waals surface area contributed by atoms with Crippen LogP contribution in [-0.4, -0.2) is 16.7 Å². The lowest BCUT2D eigenvalue weighted by atomic mass is 10.1. The first-order valence-corrected chi connectivity index (χ1v) is 6.84. The van der Waals surface area contributed by atoms with Crippen LogP contribution < -0.4 is 5.32 Å². The van der Waals surface area contributed by atoms with Gasteiger partial charge in [0.2, 0.25) is 11.8 Å². The van der Waals surface area contributed by atoms with Crippen molar-refractivity contribution in [2.75, 3.05) is 6.54 Å². The van der Waals surface area contributed by atoms with Crippen LogP contribution in [0.15, 0.2) is 28.7 Å². The summed E-state index contributed by atoms with van der Waals surface area (Å²) in [6.45, 7) is 7.17. The van der Waals surface area contributed by atoms with Crippen molar-refractivity contribution in [2.45, 2.75) is 39.7 Å². The van der Waals surface area contributed by atoms with Crippen LogP contribution >= 0.6 is 0 Å². The minimum absolute atomic E-state index is 0.156. The fourth-order valence-electron chi connectivity index (χ4n) is 2.13. The molecule has 2 aromatic rings. The Morgan fingerprint density at radius 1 is 1.26 bits per heavy atom. The molecule has 0 saturated heterocycles. The molecule has 0 amide bonds. The summed E-state index contributed by atoms with van der Waals surface area (Å²) in [5.74, 6) is 1.36. The molecule has 1 unspecified atom stereocenters. The molecule has 0 aliphatic heterocycles. The Hall–Kier alpha value is -1.68. The van der Waals surface area contributed by atoms with Gasteiger partial charge < -0.3 is 9.73 Å². The van der Waals surface area contributed by atoms with Gasteiger partial charge in [0, 0.05) is 0 Å². The molecule has 1 N–H and O–H groups in total. The van der Waals surface area contributed by atoms with E-state index in [0.717, 1.165) is 13.0 Å². The van der Waals surface area contributed by atoms with E-state index in [1.165, 1.54) is 11.1 Å². The van der Waals surface area contributed by atoms with Crippen molar-refractivity contribution >= 4 is 0 Å². The number of aryl methyl sites for hydroxylation is 1. The van der Waals surface area contributed by atoms with Gasteiger partial charge in [-0.05, 0) is 25.5 Å². The van der Waals surface area contributed by atoms with Crippen molar-refractivity contribution in [1.29, 1.82) is 0 Å². The SMILES string of the molecule is CCNC(CC)c1nnc(Cc2cccc(C)c2)o1. The third kappa shape index (κ3) is 3.64. The number of hydrogen-bond acceptors (Lipinski definition) is 4. The normalized spacial score (nSPS) is 12.6. The lowest BCUT2D eigenvalue weighted by Gasteiger charge is -2.10. The van der Waals surface area contributed by atoms with Gasteiger partial charge in [0.25, 0.3) is 0 Å². The fraction of sp³-hybridized carbons (Fsp3) is 0.467. The van der Waals surface area contributed by atoms with Gasteiger partial charge in [-0.3, -0.25) is 0 Å². The summed E-state index contributed by atoms with van der Waals surface area (Å²) in [5, 5.41) is 11.6. The van der Waals surface area contributed by atoms with Crippen LogP contribution in [0.1, 0.15) is 49.2 Å². The van der Waals surface area contributed by atoms with Crippen molar-refractivity contribution in [2.24, 2.45) is 0 Å². The predicted molar refractivity (Wildman–Crippen MR) is 75.0 cm³/mol. The molecule has 0 fully saturated rings. The Morgan fingerprint density at radius 2 is 2.11 bits per heavy atom.